The van der Waals surface area contributed by atoms with Gasteiger partial charge in [0.1, 0.15) is 11.3 Å². The third kappa shape index (κ3) is 2.90. The molecule has 0 spiro atoms. The van der Waals surface area contributed by atoms with Gasteiger partial charge in [0.2, 0.25) is 0 Å². The second-order valence-corrected chi connectivity index (χ2v) is 7.19. The summed E-state index contributed by atoms with van der Waals surface area (Å²) in [6.07, 6.45) is 0. The lowest BCUT2D eigenvalue weighted by atomic mass is 10.3. The minimum Gasteiger partial charge on any atom is -0.492 e. The first-order valence-corrected chi connectivity index (χ1v) is 9.00. The van der Waals surface area contributed by atoms with Crippen LogP contribution in [0.3, 0.4) is 0 Å². The van der Waals surface area contributed by atoms with Crippen molar-refractivity contribution in [1.29, 1.82) is 0 Å². The molecule has 0 saturated carbocycles. The number of nitrogens with zero attached hydrogens (tertiary/aromatic N) is 1. The largest absolute Gasteiger partial charge is 0.492 e. The van der Waals surface area contributed by atoms with Gasteiger partial charge in [-0.25, -0.2) is 13.4 Å². The first-order chi connectivity index (χ1) is 10.6. The van der Waals surface area contributed by atoms with Gasteiger partial charge >= 0.3 is 0 Å². The van der Waals surface area contributed by atoms with Crippen molar-refractivity contribution in [3.05, 3.63) is 48.5 Å². The Balaban J connectivity index is 1.96. The van der Waals surface area contributed by atoms with E-state index in [1.165, 1.54) is 11.3 Å². The lowest BCUT2D eigenvalue weighted by molar-refractivity contribution is 0.344. The van der Waals surface area contributed by atoms with Gasteiger partial charge in [-0.2, -0.15) is 0 Å². The van der Waals surface area contributed by atoms with Gasteiger partial charge in [-0.1, -0.05) is 35.6 Å². The summed E-state index contributed by atoms with van der Waals surface area (Å²) in [5.41, 5.74) is 0.667. The van der Waals surface area contributed by atoms with Crippen molar-refractivity contribution in [2.24, 2.45) is 0 Å². The Morgan fingerprint density at radius 2 is 1.91 bits per heavy atom. The molecule has 22 heavy (non-hydrogen) atoms. The van der Waals surface area contributed by atoms with Crippen molar-refractivity contribution >= 4 is 36.7 Å². The Bertz CT molecular complexity index is 890. The predicted molar refractivity (Wildman–Crippen MR) is 88.0 cm³/mol. The first kappa shape index (κ1) is 14.8. The molecule has 0 fully saturated rings. The third-order valence-corrected chi connectivity index (χ3v) is 5.38. The zero-order valence-corrected chi connectivity index (χ0v) is 13.4. The van der Waals surface area contributed by atoms with Crippen LogP contribution in [0, 0.1) is 0 Å². The number of ether oxygens (including phenoxy) is 1. The van der Waals surface area contributed by atoms with E-state index in [-0.39, 0.29) is 4.90 Å². The van der Waals surface area contributed by atoms with Crippen molar-refractivity contribution in [2.45, 2.75) is 11.8 Å². The fourth-order valence-electron chi connectivity index (χ4n) is 2.01. The van der Waals surface area contributed by atoms with Crippen LogP contribution in [0.5, 0.6) is 5.75 Å². The molecule has 0 bridgehead atoms. The van der Waals surface area contributed by atoms with Gasteiger partial charge in [-0.05, 0) is 31.2 Å². The van der Waals surface area contributed by atoms with Crippen molar-refractivity contribution in [3.8, 4) is 5.75 Å². The lowest BCUT2D eigenvalue weighted by Crippen LogP contribution is -2.12. The topological polar surface area (TPSA) is 68.3 Å². The molecule has 1 N–H and O–H groups in total. The summed E-state index contributed by atoms with van der Waals surface area (Å²) < 4.78 is 33.5. The van der Waals surface area contributed by atoms with E-state index in [9.17, 15) is 8.42 Å². The number of thiazole rings is 1. The van der Waals surface area contributed by atoms with Crippen molar-refractivity contribution in [3.63, 3.8) is 0 Å². The Labute approximate surface area is 132 Å². The number of benzene rings is 2. The molecular weight excluding hydrogens is 320 g/mol. The van der Waals surface area contributed by atoms with Crippen LogP contribution < -0.4 is 9.46 Å². The molecule has 7 heteroatoms. The van der Waals surface area contributed by atoms with Gasteiger partial charge < -0.3 is 4.74 Å². The van der Waals surface area contributed by atoms with Gasteiger partial charge in [0.25, 0.3) is 10.0 Å². The van der Waals surface area contributed by atoms with Crippen LogP contribution in [0.2, 0.25) is 0 Å². The summed E-state index contributed by atoms with van der Waals surface area (Å²) in [6.45, 7) is 2.42. The molecule has 0 atom stereocenters. The van der Waals surface area contributed by atoms with Crippen LogP contribution in [-0.2, 0) is 10.0 Å². The third-order valence-electron chi connectivity index (χ3n) is 2.96. The van der Waals surface area contributed by atoms with E-state index in [4.69, 9.17) is 4.74 Å². The number of aromatic nitrogens is 1. The van der Waals surface area contributed by atoms with Crippen LogP contribution in [0.15, 0.2) is 53.4 Å². The van der Waals surface area contributed by atoms with Gasteiger partial charge in [0.05, 0.1) is 16.2 Å². The average Bonchev–Trinajstić information content (AvgIpc) is 2.91. The van der Waals surface area contributed by atoms with E-state index in [2.05, 4.69) is 9.71 Å². The Kier molecular flexibility index (Phi) is 4.00. The molecule has 1 heterocycles. The first-order valence-electron chi connectivity index (χ1n) is 6.70. The molecule has 0 amide bonds. The molecule has 1 aromatic heterocycles. The highest BCUT2D eigenvalue weighted by atomic mass is 32.2. The summed E-state index contributed by atoms with van der Waals surface area (Å²) in [5.74, 6) is 0.654. The lowest BCUT2D eigenvalue weighted by Gasteiger charge is -2.04. The summed E-state index contributed by atoms with van der Waals surface area (Å²) in [5, 5.41) is 0.325. The molecule has 0 radical (unpaired) electrons. The van der Waals surface area contributed by atoms with Gasteiger partial charge in [-0.3, -0.25) is 4.72 Å². The van der Waals surface area contributed by atoms with E-state index in [1.807, 2.05) is 25.1 Å². The number of sulfonamides is 1. The number of hydrogen-bond donors (Lipinski definition) is 1. The Morgan fingerprint density at radius 1 is 1.14 bits per heavy atom. The second-order valence-electron chi connectivity index (χ2n) is 4.47. The molecule has 0 unspecified atom stereocenters. The standard InChI is InChI=1S/C15H14N2O3S2/c1-2-20-12-9-6-10-13-14(12)16-15(21-13)17-22(18,19)11-7-4-3-5-8-11/h3-10H,2H2,1H3,(H,16,17). The number of rotatable bonds is 5. The molecule has 0 aliphatic heterocycles. The maximum absolute atomic E-state index is 12.3. The number of hydrogen-bond acceptors (Lipinski definition) is 5. The molecule has 0 aliphatic rings. The number of anilines is 1. The zero-order valence-electron chi connectivity index (χ0n) is 11.8. The minimum absolute atomic E-state index is 0.208. The van der Waals surface area contributed by atoms with E-state index in [0.29, 0.717) is 23.0 Å². The second kappa shape index (κ2) is 5.94. The molecule has 0 aliphatic carbocycles. The number of fused-ring (bicyclic) bond motifs is 1. The van der Waals surface area contributed by atoms with Crippen LogP contribution in [0.4, 0.5) is 5.13 Å². The molecule has 5 nitrogen and oxygen atoms in total. The molecule has 114 valence electrons. The van der Waals surface area contributed by atoms with Crippen molar-refractivity contribution in [1.82, 2.24) is 4.98 Å². The summed E-state index contributed by atoms with van der Waals surface area (Å²) in [4.78, 5) is 4.55. The smallest absolute Gasteiger partial charge is 0.263 e. The van der Waals surface area contributed by atoms with Crippen molar-refractivity contribution in [2.75, 3.05) is 11.3 Å². The highest BCUT2D eigenvalue weighted by molar-refractivity contribution is 7.93. The quantitative estimate of drug-likeness (QED) is 0.775. The predicted octanol–water partition coefficient (Wildman–Crippen LogP) is 3.50. The maximum atomic E-state index is 12.3. The van der Waals surface area contributed by atoms with Gasteiger partial charge in [-0.15, -0.1) is 0 Å². The van der Waals surface area contributed by atoms with Gasteiger partial charge in [0, 0.05) is 0 Å². The average molecular weight is 334 g/mol. The maximum Gasteiger partial charge on any atom is 0.263 e. The summed E-state index contributed by atoms with van der Waals surface area (Å²) in [6, 6.07) is 13.8. The molecule has 3 rings (SSSR count). The van der Waals surface area contributed by atoms with E-state index in [1.54, 1.807) is 30.3 Å². The summed E-state index contributed by atoms with van der Waals surface area (Å²) >= 11 is 1.28. The highest BCUT2D eigenvalue weighted by Crippen LogP contribution is 2.33. The minimum atomic E-state index is -3.63. The van der Waals surface area contributed by atoms with Crippen molar-refractivity contribution < 1.29 is 13.2 Å². The summed E-state index contributed by atoms with van der Waals surface area (Å²) in [7, 11) is -3.63. The highest BCUT2D eigenvalue weighted by Gasteiger charge is 2.17. The number of para-hydroxylation sites is 1. The van der Waals surface area contributed by atoms with Gasteiger partial charge in [0.15, 0.2) is 5.13 Å². The number of nitrogens with one attached hydrogen (secondary N) is 1. The van der Waals surface area contributed by atoms with Crippen LogP contribution in [-0.4, -0.2) is 20.0 Å². The fraction of sp³-hybridized carbons (Fsp3) is 0.133. The van der Waals surface area contributed by atoms with E-state index in [0.717, 1.165) is 4.70 Å². The van der Waals surface area contributed by atoms with E-state index < -0.39 is 10.0 Å². The Morgan fingerprint density at radius 3 is 2.64 bits per heavy atom. The van der Waals surface area contributed by atoms with Crippen LogP contribution >= 0.6 is 11.3 Å². The van der Waals surface area contributed by atoms with E-state index >= 15 is 0 Å². The van der Waals surface area contributed by atoms with Crippen LogP contribution in [0.25, 0.3) is 10.2 Å². The normalized spacial score (nSPS) is 11.5. The molecule has 0 saturated heterocycles. The zero-order chi connectivity index (χ0) is 15.6. The Hall–Kier alpha value is -2.12. The van der Waals surface area contributed by atoms with Crippen LogP contribution in [0.1, 0.15) is 6.92 Å². The fourth-order valence-corrected chi connectivity index (χ4v) is 4.15. The monoisotopic (exact) mass is 334 g/mol. The molecular formula is C15H14N2O3S2. The SMILES string of the molecule is CCOc1cccc2sc(NS(=O)(=O)c3ccccc3)nc12. The molecule has 3 aromatic rings. The molecule has 2 aromatic carbocycles.